The Balaban J connectivity index is 1.28. The van der Waals surface area contributed by atoms with E-state index in [0.29, 0.717) is 24.8 Å². The number of nitrogens with zero attached hydrogens (tertiary/aromatic N) is 5. The van der Waals surface area contributed by atoms with Gasteiger partial charge in [-0.3, -0.25) is 4.68 Å². The van der Waals surface area contributed by atoms with E-state index < -0.39 is 11.0 Å². The lowest BCUT2D eigenvalue weighted by molar-refractivity contribution is 0.277. The van der Waals surface area contributed by atoms with E-state index in [1.807, 2.05) is 45.5 Å². The van der Waals surface area contributed by atoms with Crippen LogP contribution in [0, 0.1) is 0 Å². The topological polar surface area (TPSA) is 86.3 Å². The second-order valence-corrected chi connectivity index (χ2v) is 11.0. The highest BCUT2D eigenvalue weighted by Gasteiger charge is 2.29. The van der Waals surface area contributed by atoms with E-state index in [1.165, 1.54) is 0 Å². The lowest BCUT2D eigenvalue weighted by Crippen LogP contribution is -2.34. The standard InChI is InChI=1S/C24H26BrN5O3S/c1-15(2)30-21-12-17(4-5-18(21)14-26-30)23-27-24(33-28-23)16-8-10-29(11-9-16)34(31)22-7-6-19(32-3)13-20(22)25/h4-7,12-16H,8-11H2,1-3H3. The van der Waals surface area contributed by atoms with Gasteiger partial charge in [0.25, 0.3) is 0 Å². The molecule has 178 valence electrons. The molecule has 0 saturated carbocycles. The zero-order valence-corrected chi connectivity index (χ0v) is 21.7. The molecule has 0 N–H and O–H groups in total. The van der Waals surface area contributed by atoms with Crippen LogP contribution in [0.15, 0.2) is 56.5 Å². The number of halogens is 1. The van der Waals surface area contributed by atoms with Gasteiger partial charge >= 0.3 is 0 Å². The van der Waals surface area contributed by atoms with Crippen LogP contribution in [0.1, 0.15) is 44.5 Å². The van der Waals surface area contributed by atoms with Crippen LogP contribution in [0.5, 0.6) is 5.75 Å². The lowest BCUT2D eigenvalue weighted by Gasteiger charge is -2.29. The number of ether oxygens (including phenoxy) is 1. The van der Waals surface area contributed by atoms with Crippen molar-refractivity contribution in [3.8, 4) is 17.1 Å². The van der Waals surface area contributed by atoms with Crippen molar-refractivity contribution in [2.75, 3.05) is 20.2 Å². The largest absolute Gasteiger partial charge is 0.497 e. The minimum atomic E-state index is -1.25. The van der Waals surface area contributed by atoms with Crippen molar-refractivity contribution >= 4 is 37.8 Å². The van der Waals surface area contributed by atoms with E-state index in [4.69, 9.17) is 14.2 Å². The summed E-state index contributed by atoms with van der Waals surface area (Å²) >= 11 is 3.51. The number of fused-ring (bicyclic) bond motifs is 1. The fourth-order valence-electron chi connectivity index (χ4n) is 4.26. The third-order valence-corrected chi connectivity index (χ3v) is 8.64. The Morgan fingerprint density at radius 2 is 1.97 bits per heavy atom. The van der Waals surface area contributed by atoms with Crippen LogP contribution in [0.4, 0.5) is 0 Å². The normalized spacial score (nSPS) is 16.4. The molecule has 1 aliphatic rings. The molecule has 0 radical (unpaired) electrons. The SMILES string of the molecule is COc1ccc(S(=O)N2CCC(c3nc(-c4ccc5cnn(C(C)C)c5c4)no3)CC2)c(Br)c1. The lowest BCUT2D eigenvalue weighted by atomic mass is 9.98. The van der Waals surface area contributed by atoms with Crippen molar-refractivity contribution in [2.24, 2.45) is 0 Å². The van der Waals surface area contributed by atoms with Gasteiger partial charge < -0.3 is 9.26 Å². The molecule has 5 rings (SSSR count). The molecule has 0 bridgehead atoms. The fraction of sp³-hybridized carbons (Fsp3) is 0.375. The Hall–Kier alpha value is -2.56. The first-order valence-electron chi connectivity index (χ1n) is 11.3. The summed E-state index contributed by atoms with van der Waals surface area (Å²) < 4.78 is 28.8. The number of methoxy groups -OCH3 is 1. The van der Waals surface area contributed by atoms with Crippen LogP contribution < -0.4 is 4.74 Å². The summed E-state index contributed by atoms with van der Waals surface area (Å²) in [6, 6.07) is 11.9. The van der Waals surface area contributed by atoms with Gasteiger partial charge in [-0.05, 0) is 66.9 Å². The van der Waals surface area contributed by atoms with Gasteiger partial charge in [0.1, 0.15) is 16.7 Å². The van der Waals surface area contributed by atoms with Crippen LogP contribution in [0.2, 0.25) is 0 Å². The first-order chi connectivity index (χ1) is 16.4. The molecule has 0 amide bonds. The molecule has 1 unspecified atom stereocenters. The van der Waals surface area contributed by atoms with Crippen LogP contribution in [0.3, 0.4) is 0 Å². The molecule has 0 aliphatic carbocycles. The first kappa shape index (κ1) is 23.2. The van der Waals surface area contributed by atoms with Crippen molar-refractivity contribution in [3.63, 3.8) is 0 Å². The summed E-state index contributed by atoms with van der Waals surface area (Å²) in [6.07, 6.45) is 3.49. The number of hydrogen-bond acceptors (Lipinski definition) is 6. The zero-order valence-electron chi connectivity index (χ0n) is 19.3. The summed E-state index contributed by atoms with van der Waals surface area (Å²) in [6.45, 7) is 5.59. The molecule has 8 nitrogen and oxygen atoms in total. The van der Waals surface area contributed by atoms with Crippen LogP contribution in [-0.2, 0) is 11.0 Å². The van der Waals surface area contributed by atoms with Gasteiger partial charge in [0.2, 0.25) is 11.7 Å². The molecule has 10 heteroatoms. The summed E-state index contributed by atoms with van der Waals surface area (Å²) in [5.41, 5.74) is 1.96. The number of benzene rings is 2. The Kier molecular flexibility index (Phi) is 6.54. The molecular weight excluding hydrogens is 518 g/mol. The molecular formula is C24H26BrN5O3S. The summed E-state index contributed by atoms with van der Waals surface area (Å²) in [7, 11) is 0.369. The average Bonchev–Trinajstić information content (AvgIpc) is 3.51. The van der Waals surface area contributed by atoms with E-state index in [9.17, 15) is 4.21 Å². The molecule has 1 aliphatic heterocycles. The van der Waals surface area contributed by atoms with Gasteiger partial charge in [0.15, 0.2) is 0 Å². The predicted molar refractivity (Wildman–Crippen MR) is 134 cm³/mol. The van der Waals surface area contributed by atoms with E-state index in [-0.39, 0.29) is 12.0 Å². The molecule has 0 spiro atoms. The van der Waals surface area contributed by atoms with E-state index in [2.05, 4.69) is 46.1 Å². The molecule has 34 heavy (non-hydrogen) atoms. The van der Waals surface area contributed by atoms with Crippen molar-refractivity contribution in [1.29, 1.82) is 0 Å². The van der Waals surface area contributed by atoms with Gasteiger partial charge in [-0.15, -0.1) is 0 Å². The van der Waals surface area contributed by atoms with Crippen LogP contribution >= 0.6 is 15.9 Å². The highest BCUT2D eigenvalue weighted by molar-refractivity contribution is 9.10. The Morgan fingerprint density at radius 3 is 2.68 bits per heavy atom. The number of aromatic nitrogens is 4. The Labute approximate surface area is 209 Å². The molecule has 4 aromatic rings. The monoisotopic (exact) mass is 543 g/mol. The Morgan fingerprint density at radius 1 is 1.18 bits per heavy atom. The maximum atomic E-state index is 13.1. The smallest absolute Gasteiger partial charge is 0.230 e. The predicted octanol–water partition coefficient (Wildman–Crippen LogP) is 5.34. The zero-order chi connectivity index (χ0) is 23.8. The molecule has 1 atom stereocenters. The maximum absolute atomic E-state index is 13.1. The second-order valence-electron chi connectivity index (χ2n) is 8.66. The van der Waals surface area contributed by atoms with Crippen LogP contribution in [0.25, 0.3) is 22.3 Å². The average molecular weight is 544 g/mol. The van der Waals surface area contributed by atoms with Crippen molar-refractivity contribution in [2.45, 2.75) is 43.5 Å². The molecule has 1 fully saturated rings. The second kappa shape index (κ2) is 9.59. The van der Waals surface area contributed by atoms with E-state index in [1.54, 1.807) is 7.11 Å². The third-order valence-electron chi connectivity index (χ3n) is 6.15. The maximum Gasteiger partial charge on any atom is 0.230 e. The fourth-order valence-corrected chi connectivity index (χ4v) is 6.27. The summed E-state index contributed by atoms with van der Waals surface area (Å²) in [5, 5.41) is 9.82. The summed E-state index contributed by atoms with van der Waals surface area (Å²) in [4.78, 5) is 5.45. The first-order valence-corrected chi connectivity index (χ1v) is 13.2. The van der Waals surface area contributed by atoms with Gasteiger partial charge in [0.05, 0.1) is 23.7 Å². The minimum Gasteiger partial charge on any atom is -0.497 e. The van der Waals surface area contributed by atoms with Gasteiger partial charge in [0, 0.05) is 40.5 Å². The van der Waals surface area contributed by atoms with Gasteiger partial charge in [-0.2, -0.15) is 10.1 Å². The highest BCUT2D eigenvalue weighted by atomic mass is 79.9. The molecule has 1 saturated heterocycles. The van der Waals surface area contributed by atoms with E-state index in [0.717, 1.165) is 44.4 Å². The van der Waals surface area contributed by atoms with Crippen molar-refractivity contribution in [3.05, 3.63) is 53.0 Å². The number of rotatable bonds is 6. The Bertz CT molecular complexity index is 1340. The highest BCUT2D eigenvalue weighted by Crippen LogP contribution is 2.33. The third kappa shape index (κ3) is 4.42. The van der Waals surface area contributed by atoms with E-state index >= 15 is 0 Å². The van der Waals surface area contributed by atoms with Crippen molar-refractivity contribution in [1.82, 2.24) is 24.2 Å². The quantitative estimate of drug-likeness (QED) is 0.326. The van der Waals surface area contributed by atoms with Crippen LogP contribution in [-0.4, -0.2) is 48.6 Å². The molecule has 2 aromatic heterocycles. The van der Waals surface area contributed by atoms with Gasteiger partial charge in [-0.25, -0.2) is 8.51 Å². The van der Waals surface area contributed by atoms with Gasteiger partial charge in [-0.1, -0.05) is 17.3 Å². The number of hydrogen-bond donors (Lipinski definition) is 0. The van der Waals surface area contributed by atoms with Crippen molar-refractivity contribution < 1.29 is 13.5 Å². The molecule has 2 aromatic carbocycles. The number of piperidine rings is 1. The summed E-state index contributed by atoms with van der Waals surface area (Å²) in [5.74, 6) is 2.11. The molecule has 3 heterocycles. The minimum absolute atomic E-state index is 0.152.